The van der Waals surface area contributed by atoms with E-state index < -0.39 is 10.0 Å². The van der Waals surface area contributed by atoms with Crippen LogP contribution in [0.2, 0.25) is 0 Å². The first-order valence-electron chi connectivity index (χ1n) is 4.82. The summed E-state index contributed by atoms with van der Waals surface area (Å²) < 4.78 is 33.3. The summed E-state index contributed by atoms with van der Waals surface area (Å²) in [6.07, 6.45) is 0.623. The number of hydrogen-bond acceptors (Lipinski definition) is 4. The molecule has 1 aromatic carbocycles. The van der Waals surface area contributed by atoms with Crippen LogP contribution in [0, 0.1) is 0 Å². The van der Waals surface area contributed by atoms with Crippen molar-refractivity contribution < 1.29 is 17.9 Å². The molecule has 16 heavy (non-hydrogen) atoms. The Balaban J connectivity index is 2.65. The fourth-order valence-electron chi connectivity index (χ4n) is 1.80. The van der Waals surface area contributed by atoms with Crippen molar-refractivity contribution in [1.82, 2.24) is 0 Å². The van der Waals surface area contributed by atoms with E-state index >= 15 is 0 Å². The number of rotatable bonds is 2. The van der Waals surface area contributed by atoms with Gasteiger partial charge in [-0.25, -0.2) is 13.6 Å². The van der Waals surface area contributed by atoms with E-state index in [1.165, 1.54) is 13.2 Å². The van der Waals surface area contributed by atoms with Gasteiger partial charge in [-0.2, -0.15) is 0 Å². The smallest absolute Gasteiger partial charge is 0.241 e. The van der Waals surface area contributed by atoms with Crippen molar-refractivity contribution in [2.45, 2.75) is 24.3 Å². The molecule has 0 saturated carbocycles. The molecular weight excluding hydrogens is 230 g/mol. The molecule has 1 heterocycles. The lowest BCUT2D eigenvalue weighted by atomic mass is 10.1. The Hall–Kier alpha value is -1.27. The Morgan fingerprint density at radius 1 is 1.50 bits per heavy atom. The number of sulfonamides is 1. The van der Waals surface area contributed by atoms with Gasteiger partial charge in [0.1, 0.15) is 22.5 Å². The second-order valence-electron chi connectivity index (χ2n) is 3.79. The molecule has 0 aliphatic carbocycles. The average Bonchev–Trinajstić information content (AvgIpc) is 2.54. The van der Waals surface area contributed by atoms with E-state index in [2.05, 4.69) is 0 Å². The van der Waals surface area contributed by atoms with E-state index in [9.17, 15) is 8.42 Å². The van der Waals surface area contributed by atoms with E-state index in [4.69, 9.17) is 14.6 Å². The van der Waals surface area contributed by atoms with Crippen LogP contribution < -0.4 is 14.6 Å². The molecule has 6 heteroatoms. The van der Waals surface area contributed by atoms with Gasteiger partial charge in [-0.1, -0.05) is 0 Å². The fourth-order valence-corrected chi connectivity index (χ4v) is 2.52. The van der Waals surface area contributed by atoms with Crippen LogP contribution in [0.5, 0.6) is 11.5 Å². The highest BCUT2D eigenvalue weighted by molar-refractivity contribution is 7.89. The van der Waals surface area contributed by atoms with E-state index in [-0.39, 0.29) is 11.0 Å². The maximum Gasteiger partial charge on any atom is 0.241 e. The number of primary sulfonamides is 1. The molecule has 1 unspecified atom stereocenters. The van der Waals surface area contributed by atoms with Crippen LogP contribution in [-0.2, 0) is 16.4 Å². The summed E-state index contributed by atoms with van der Waals surface area (Å²) in [5, 5.41) is 5.14. The molecule has 0 aromatic heterocycles. The molecule has 88 valence electrons. The molecule has 1 aliphatic heterocycles. The van der Waals surface area contributed by atoms with Crippen molar-refractivity contribution in [3.05, 3.63) is 17.7 Å². The van der Waals surface area contributed by atoms with Gasteiger partial charge in [0.15, 0.2) is 0 Å². The Bertz CT molecular complexity index is 524. The van der Waals surface area contributed by atoms with Crippen LogP contribution in [0.4, 0.5) is 0 Å². The van der Waals surface area contributed by atoms with Crippen LogP contribution >= 0.6 is 0 Å². The lowest BCUT2D eigenvalue weighted by Gasteiger charge is -2.09. The Morgan fingerprint density at radius 2 is 2.19 bits per heavy atom. The maximum absolute atomic E-state index is 11.4. The maximum atomic E-state index is 11.4. The molecule has 2 N–H and O–H groups in total. The number of benzene rings is 1. The third kappa shape index (κ3) is 1.85. The lowest BCUT2D eigenvalue weighted by molar-refractivity contribution is 0.249. The molecule has 1 atom stereocenters. The molecule has 0 bridgehead atoms. The van der Waals surface area contributed by atoms with Crippen molar-refractivity contribution in [2.24, 2.45) is 5.14 Å². The Kier molecular flexibility index (Phi) is 2.55. The van der Waals surface area contributed by atoms with Gasteiger partial charge in [0.05, 0.1) is 7.11 Å². The predicted octanol–water partition coefficient (Wildman–Crippen LogP) is 0.666. The van der Waals surface area contributed by atoms with Crippen molar-refractivity contribution in [3.8, 4) is 11.5 Å². The summed E-state index contributed by atoms with van der Waals surface area (Å²) in [5.74, 6) is 0.830. The normalized spacial score (nSPS) is 19.1. The quantitative estimate of drug-likeness (QED) is 0.827. The van der Waals surface area contributed by atoms with Crippen molar-refractivity contribution in [1.29, 1.82) is 0 Å². The van der Waals surface area contributed by atoms with E-state index in [0.717, 1.165) is 5.56 Å². The predicted molar refractivity (Wildman–Crippen MR) is 58.2 cm³/mol. The second kappa shape index (κ2) is 3.64. The van der Waals surface area contributed by atoms with Gasteiger partial charge in [-0.3, -0.25) is 0 Å². The van der Waals surface area contributed by atoms with Gasteiger partial charge in [0, 0.05) is 18.1 Å². The summed E-state index contributed by atoms with van der Waals surface area (Å²) in [7, 11) is -2.31. The first-order valence-corrected chi connectivity index (χ1v) is 6.37. The molecule has 0 fully saturated rings. The molecule has 2 rings (SSSR count). The molecule has 0 radical (unpaired) electrons. The van der Waals surface area contributed by atoms with Crippen LogP contribution in [0.3, 0.4) is 0 Å². The van der Waals surface area contributed by atoms with Crippen LogP contribution in [0.25, 0.3) is 0 Å². The summed E-state index contributed by atoms with van der Waals surface area (Å²) in [4.78, 5) is -0.00815. The zero-order valence-electron chi connectivity index (χ0n) is 9.06. The average molecular weight is 243 g/mol. The number of fused-ring (bicyclic) bond motifs is 1. The lowest BCUT2D eigenvalue weighted by Crippen LogP contribution is -2.14. The molecule has 1 aromatic rings. The molecule has 0 saturated heterocycles. The van der Waals surface area contributed by atoms with Gasteiger partial charge >= 0.3 is 0 Å². The molecule has 5 nitrogen and oxygen atoms in total. The topological polar surface area (TPSA) is 78.6 Å². The van der Waals surface area contributed by atoms with E-state index in [0.29, 0.717) is 17.9 Å². The molecule has 0 spiro atoms. The summed E-state index contributed by atoms with van der Waals surface area (Å²) >= 11 is 0. The standard InChI is InChI=1S/C10H13NO4S/c1-6-3-7-4-8(14-2)5-9(10(7)15-6)16(11,12)13/h4-6H,3H2,1-2H3,(H2,11,12,13). The minimum atomic E-state index is -3.79. The Morgan fingerprint density at radius 3 is 2.75 bits per heavy atom. The second-order valence-corrected chi connectivity index (χ2v) is 5.32. The van der Waals surface area contributed by atoms with Crippen LogP contribution in [-0.4, -0.2) is 21.6 Å². The van der Waals surface area contributed by atoms with Crippen molar-refractivity contribution >= 4 is 10.0 Å². The monoisotopic (exact) mass is 243 g/mol. The highest BCUT2D eigenvalue weighted by Crippen LogP contribution is 2.37. The van der Waals surface area contributed by atoms with Gasteiger partial charge in [-0.05, 0) is 13.0 Å². The third-order valence-electron chi connectivity index (χ3n) is 2.47. The van der Waals surface area contributed by atoms with Gasteiger partial charge in [0.2, 0.25) is 10.0 Å². The van der Waals surface area contributed by atoms with Gasteiger partial charge < -0.3 is 9.47 Å². The summed E-state index contributed by atoms with van der Waals surface area (Å²) in [6, 6.07) is 3.15. The zero-order chi connectivity index (χ0) is 11.9. The number of ether oxygens (including phenoxy) is 2. The fraction of sp³-hybridized carbons (Fsp3) is 0.400. The zero-order valence-corrected chi connectivity index (χ0v) is 9.87. The summed E-state index contributed by atoms with van der Waals surface area (Å²) in [5.41, 5.74) is 0.816. The highest BCUT2D eigenvalue weighted by Gasteiger charge is 2.27. The minimum Gasteiger partial charge on any atom is -0.497 e. The van der Waals surface area contributed by atoms with Gasteiger partial charge in [-0.15, -0.1) is 0 Å². The summed E-state index contributed by atoms with van der Waals surface area (Å²) in [6.45, 7) is 1.87. The third-order valence-corrected chi connectivity index (χ3v) is 3.39. The SMILES string of the molecule is COc1cc2c(c(S(N)(=O)=O)c1)OC(C)C2. The van der Waals surface area contributed by atoms with Crippen molar-refractivity contribution in [2.75, 3.05) is 7.11 Å². The van der Waals surface area contributed by atoms with Crippen LogP contribution in [0.15, 0.2) is 17.0 Å². The van der Waals surface area contributed by atoms with E-state index in [1.54, 1.807) is 6.07 Å². The number of nitrogens with two attached hydrogens (primary N) is 1. The molecule has 0 amide bonds. The molecule has 1 aliphatic rings. The number of methoxy groups -OCH3 is 1. The number of hydrogen-bond donors (Lipinski definition) is 1. The van der Waals surface area contributed by atoms with Crippen LogP contribution in [0.1, 0.15) is 12.5 Å². The first-order chi connectivity index (χ1) is 7.41. The highest BCUT2D eigenvalue weighted by atomic mass is 32.2. The largest absolute Gasteiger partial charge is 0.497 e. The minimum absolute atomic E-state index is 0.00815. The first kappa shape index (κ1) is 11.2. The van der Waals surface area contributed by atoms with Gasteiger partial charge in [0.25, 0.3) is 0 Å². The van der Waals surface area contributed by atoms with Crippen molar-refractivity contribution in [3.63, 3.8) is 0 Å². The molecular formula is C10H13NO4S. The van der Waals surface area contributed by atoms with E-state index in [1.807, 2.05) is 6.92 Å². The Labute approximate surface area is 94.2 Å².